The molecule has 2 aliphatic heterocycles. The van der Waals surface area contributed by atoms with Gasteiger partial charge in [0.05, 0.1) is 18.3 Å². The number of hydrogen-bond donors (Lipinski definition) is 2. The van der Waals surface area contributed by atoms with E-state index < -0.39 is 5.97 Å². The number of ether oxygens (including phenoxy) is 1. The zero-order valence-corrected chi connectivity index (χ0v) is 11.7. The Morgan fingerprint density at radius 3 is 2.90 bits per heavy atom. The Labute approximate surface area is 122 Å². The topological polar surface area (TPSA) is 78.9 Å². The maximum absolute atomic E-state index is 12.7. The van der Waals surface area contributed by atoms with Crippen LogP contribution in [0.25, 0.3) is 0 Å². The predicted molar refractivity (Wildman–Crippen MR) is 76.9 cm³/mol. The summed E-state index contributed by atoms with van der Waals surface area (Å²) in [6.45, 7) is 1.62. The van der Waals surface area contributed by atoms with Crippen molar-refractivity contribution in [2.75, 3.05) is 24.6 Å². The van der Waals surface area contributed by atoms with Crippen LogP contribution in [-0.4, -0.2) is 42.7 Å². The van der Waals surface area contributed by atoms with Crippen LogP contribution < -0.4 is 15.0 Å². The molecule has 3 rings (SSSR count). The van der Waals surface area contributed by atoms with E-state index in [-0.39, 0.29) is 17.5 Å². The lowest BCUT2D eigenvalue weighted by molar-refractivity contribution is -0.121. The van der Waals surface area contributed by atoms with Gasteiger partial charge in [0.2, 0.25) is 5.91 Å². The lowest BCUT2D eigenvalue weighted by Gasteiger charge is -2.34. The number of carbonyl (C=O) groups is 2. The second-order valence-corrected chi connectivity index (χ2v) is 5.30. The number of aromatic carboxylic acids is 1. The molecule has 0 radical (unpaired) electrons. The normalized spacial score (nSPS) is 21.3. The Balaban J connectivity index is 1.91. The van der Waals surface area contributed by atoms with Crippen molar-refractivity contribution < 1.29 is 19.4 Å². The van der Waals surface area contributed by atoms with Crippen LogP contribution in [0.5, 0.6) is 5.75 Å². The van der Waals surface area contributed by atoms with Crippen LogP contribution in [0.3, 0.4) is 0 Å². The van der Waals surface area contributed by atoms with Gasteiger partial charge < -0.3 is 20.1 Å². The van der Waals surface area contributed by atoms with Gasteiger partial charge in [-0.25, -0.2) is 4.79 Å². The van der Waals surface area contributed by atoms with E-state index in [1.165, 1.54) is 6.07 Å². The quantitative estimate of drug-likeness (QED) is 0.857. The molecule has 0 aromatic heterocycles. The molecule has 1 aromatic rings. The van der Waals surface area contributed by atoms with Gasteiger partial charge in [-0.05, 0) is 31.5 Å². The number of carboxylic acids is 1. The van der Waals surface area contributed by atoms with E-state index in [0.29, 0.717) is 24.6 Å². The molecular weight excluding hydrogens is 272 g/mol. The average Bonchev–Trinajstić information content (AvgIpc) is 2.53. The molecule has 1 aromatic carbocycles. The Hall–Kier alpha value is -2.08. The van der Waals surface area contributed by atoms with Crippen LogP contribution in [0.2, 0.25) is 0 Å². The number of piperidine rings is 1. The zero-order valence-electron chi connectivity index (χ0n) is 11.7. The number of hydrogen-bond acceptors (Lipinski definition) is 4. The molecule has 6 heteroatoms. The summed E-state index contributed by atoms with van der Waals surface area (Å²) in [7, 11) is 0. The number of nitrogens with zero attached hydrogens (tertiary/aromatic N) is 1. The molecule has 2 aliphatic rings. The van der Waals surface area contributed by atoms with Crippen molar-refractivity contribution in [2.24, 2.45) is 0 Å². The number of amides is 1. The third-order valence-electron chi connectivity index (χ3n) is 3.95. The number of nitrogens with one attached hydrogen (secondary N) is 1. The van der Waals surface area contributed by atoms with Gasteiger partial charge in [-0.1, -0.05) is 12.5 Å². The molecule has 1 unspecified atom stereocenters. The van der Waals surface area contributed by atoms with Gasteiger partial charge in [0, 0.05) is 0 Å². The second kappa shape index (κ2) is 5.73. The number of fused-ring (bicyclic) bond motifs is 1. The van der Waals surface area contributed by atoms with Crippen molar-refractivity contribution in [3.8, 4) is 5.75 Å². The first-order valence-corrected chi connectivity index (χ1v) is 7.22. The highest BCUT2D eigenvalue weighted by molar-refractivity contribution is 6.02. The molecule has 0 aliphatic carbocycles. The van der Waals surface area contributed by atoms with Gasteiger partial charge in [-0.2, -0.15) is 0 Å². The largest absolute Gasteiger partial charge is 0.489 e. The molecule has 112 valence electrons. The number of rotatable bonds is 2. The first-order valence-electron chi connectivity index (χ1n) is 7.22. The third kappa shape index (κ3) is 2.58. The first-order chi connectivity index (χ1) is 10.2. The smallest absolute Gasteiger partial charge is 0.339 e. The van der Waals surface area contributed by atoms with Crippen LogP contribution >= 0.6 is 0 Å². The fourth-order valence-corrected chi connectivity index (χ4v) is 2.90. The van der Waals surface area contributed by atoms with Crippen molar-refractivity contribution in [1.29, 1.82) is 0 Å². The minimum Gasteiger partial charge on any atom is -0.489 e. The average molecular weight is 290 g/mol. The van der Waals surface area contributed by atoms with Gasteiger partial charge in [0.1, 0.15) is 12.2 Å². The van der Waals surface area contributed by atoms with Crippen molar-refractivity contribution in [3.63, 3.8) is 0 Å². The van der Waals surface area contributed by atoms with Crippen LogP contribution in [0.15, 0.2) is 18.2 Å². The van der Waals surface area contributed by atoms with Crippen molar-refractivity contribution in [3.05, 3.63) is 23.8 Å². The Morgan fingerprint density at radius 1 is 1.33 bits per heavy atom. The van der Waals surface area contributed by atoms with Crippen LogP contribution in [0.1, 0.15) is 29.6 Å². The molecule has 1 amide bonds. The summed E-state index contributed by atoms with van der Waals surface area (Å²) in [4.78, 5) is 25.6. The third-order valence-corrected chi connectivity index (χ3v) is 3.95. The lowest BCUT2D eigenvalue weighted by atomic mass is 10.0. The molecule has 1 fully saturated rings. The molecule has 6 nitrogen and oxygen atoms in total. The summed E-state index contributed by atoms with van der Waals surface area (Å²) in [5, 5.41) is 12.5. The maximum atomic E-state index is 12.7. The van der Waals surface area contributed by atoms with E-state index in [2.05, 4.69) is 5.32 Å². The number of para-hydroxylation sites is 1. The fraction of sp³-hybridized carbons (Fsp3) is 0.467. The van der Waals surface area contributed by atoms with Gasteiger partial charge in [0.15, 0.2) is 5.75 Å². The summed E-state index contributed by atoms with van der Waals surface area (Å²) < 4.78 is 5.49. The van der Waals surface area contributed by atoms with Gasteiger partial charge in [0.25, 0.3) is 0 Å². The zero-order chi connectivity index (χ0) is 14.8. The minimum absolute atomic E-state index is 0.00166. The highest BCUT2D eigenvalue weighted by Gasteiger charge is 2.32. The number of carboxylic acid groups (broad SMARTS) is 1. The Bertz CT molecular complexity index is 567. The predicted octanol–water partition coefficient (Wildman–Crippen LogP) is 1.25. The maximum Gasteiger partial charge on any atom is 0.339 e. The molecule has 2 N–H and O–H groups in total. The molecule has 2 heterocycles. The first kappa shape index (κ1) is 13.9. The minimum atomic E-state index is -1.04. The van der Waals surface area contributed by atoms with E-state index in [1.54, 1.807) is 17.0 Å². The second-order valence-electron chi connectivity index (χ2n) is 5.30. The van der Waals surface area contributed by atoms with Crippen LogP contribution in [0.4, 0.5) is 5.69 Å². The van der Waals surface area contributed by atoms with Crippen LogP contribution in [0, 0.1) is 0 Å². The summed E-state index contributed by atoms with van der Waals surface area (Å²) in [6.07, 6.45) is 2.95. The van der Waals surface area contributed by atoms with E-state index >= 15 is 0 Å². The molecule has 21 heavy (non-hydrogen) atoms. The Kier molecular flexibility index (Phi) is 3.79. The summed E-state index contributed by atoms with van der Waals surface area (Å²) in [6, 6.07) is 4.69. The highest BCUT2D eigenvalue weighted by atomic mass is 16.5. The van der Waals surface area contributed by atoms with Crippen molar-refractivity contribution in [1.82, 2.24) is 5.32 Å². The molecular formula is C15H18N2O4. The van der Waals surface area contributed by atoms with E-state index in [1.807, 2.05) is 0 Å². The Morgan fingerprint density at radius 2 is 2.19 bits per heavy atom. The van der Waals surface area contributed by atoms with Gasteiger partial charge >= 0.3 is 5.97 Å². The van der Waals surface area contributed by atoms with Gasteiger partial charge in [-0.3, -0.25) is 4.79 Å². The van der Waals surface area contributed by atoms with E-state index in [0.717, 1.165) is 25.8 Å². The number of anilines is 1. The van der Waals surface area contributed by atoms with Gasteiger partial charge in [-0.15, -0.1) is 0 Å². The lowest BCUT2D eigenvalue weighted by Crippen LogP contribution is -2.51. The molecule has 0 bridgehead atoms. The van der Waals surface area contributed by atoms with Crippen LogP contribution in [-0.2, 0) is 4.79 Å². The highest BCUT2D eigenvalue weighted by Crippen LogP contribution is 2.35. The molecule has 0 saturated carbocycles. The van der Waals surface area contributed by atoms with Crippen molar-refractivity contribution >= 4 is 17.6 Å². The summed E-state index contributed by atoms with van der Waals surface area (Å²) in [5.41, 5.74) is 0.653. The summed E-state index contributed by atoms with van der Waals surface area (Å²) in [5.74, 6) is -0.751. The number of carbonyl (C=O) groups excluding carboxylic acids is 1. The SMILES string of the molecule is O=C(O)c1cccc2c1OCCN2C(=O)C1CCCCN1. The van der Waals surface area contributed by atoms with E-state index in [9.17, 15) is 14.7 Å². The molecule has 1 saturated heterocycles. The van der Waals surface area contributed by atoms with Crippen molar-refractivity contribution in [2.45, 2.75) is 25.3 Å². The van der Waals surface area contributed by atoms with E-state index in [4.69, 9.17) is 4.74 Å². The monoisotopic (exact) mass is 290 g/mol. The standard InChI is InChI=1S/C15H18N2O4/c18-14(11-5-1-2-7-16-11)17-8-9-21-13-10(15(19)20)4-3-6-12(13)17/h3-4,6,11,16H,1-2,5,7-9H2,(H,19,20). The molecule has 1 atom stereocenters. The fourth-order valence-electron chi connectivity index (χ4n) is 2.90. The number of benzene rings is 1. The summed E-state index contributed by atoms with van der Waals surface area (Å²) >= 11 is 0. The molecule has 0 spiro atoms.